The van der Waals surface area contributed by atoms with Crippen LogP contribution in [0, 0.1) is 17.6 Å². The van der Waals surface area contributed by atoms with Crippen LogP contribution in [0.5, 0.6) is 0 Å². The highest BCUT2D eigenvalue weighted by molar-refractivity contribution is 5.79. The van der Waals surface area contributed by atoms with E-state index in [2.05, 4.69) is 5.32 Å². The van der Waals surface area contributed by atoms with E-state index in [0.29, 0.717) is 17.5 Å². The van der Waals surface area contributed by atoms with Gasteiger partial charge in [0, 0.05) is 19.1 Å². The Morgan fingerprint density at radius 1 is 1.30 bits per heavy atom. The Morgan fingerprint density at radius 2 is 2.15 bits per heavy atom. The van der Waals surface area contributed by atoms with E-state index in [1.165, 1.54) is 6.07 Å². The van der Waals surface area contributed by atoms with Crippen LogP contribution in [0.25, 0.3) is 0 Å². The van der Waals surface area contributed by atoms with Crippen LogP contribution in [0.2, 0.25) is 0 Å². The molecule has 0 spiro atoms. The van der Waals surface area contributed by atoms with Crippen LogP contribution in [-0.2, 0) is 11.2 Å². The first kappa shape index (κ1) is 13.5. The lowest BCUT2D eigenvalue weighted by molar-refractivity contribution is -0.129. The van der Waals surface area contributed by atoms with Gasteiger partial charge in [0.25, 0.3) is 0 Å². The van der Waals surface area contributed by atoms with Crippen molar-refractivity contribution in [2.24, 2.45) is 5.92 Å². The third-order valence-electron chi connectivity index (χ3n) is 4.29. The average molecular weight is 280 g/mol. The van der Waals surface area contributed by atoms with Crippen molar-refractivity contribution < 1.29 is 13.6 Å². The molecule has 3 nitrogen and oxygen atoms in total. The standard InChI is InChI=1S/C15H18F2N2O/c16-12-4-3-10(6-13(12)17)7-15(20)19-8-11-2-1-5-18-14(11)9-19/h3-4,6,11,14,18H,1-2,5,7-9H2/t11-,14+/m0/s1. The topological polar surface area (TPSA) is 32.3 Å². The van der Waals surface area contributed by atoms with Crippen molar-refractivity contribution in [2.75, 3.05) is 19.6 Å². The van der Waals surface area contributed by atoms with Crippen LogP contribution in [0.1, 0.15) is 18.4 Å². The summed E-state index contributed by atoms with van der Waals surface area (Å²) in [7, 11) is 0. The summed E-state index contributed by atoms with van der Waals surface area (Å²) in [5.74, 6) is -1.24. The van der Waals surface area contributed by atoms with Crippen molar-refractivity contribution in [3.63, 3.8) is 0 Å². The summed E-state index contributed by atoms with van der Waals surface area (Å²) >= 11 is 0. The molecule has 5 heteroatoms. The molecule has 1 amide bonds. The van der Waals surface area contributed by atoms with Crippen LogP contribution in [0.4, 0.5) is 8.78 Å². The molecule has 0 aromatic heterocycles. The first-order chi connectivity index (χ1) is 9.63. The molecule has 1 N–H and O–H groups in total. The van der Waals surface area contributed by atoms with Crippen molar-refractivity contribution in [1.82, 2.24) is 10.2 Å². The van der Waals surface area contributed by atoms with Crippen molar-refractivity contribution in [3.05, 3.63) is 35.4 Å². The summed E-state index contributed by atoms with van der Waals surface area (Å²) in [4.78, 5) is 14.1. The van der Waals surface area contributed by atoms with Crippen LogP contribution >= 0.6 is 0 Å². The van der Waals surface area contributed by atoms with Gasteiger partial charge in [-0.05, 0) is 43.0 Å². The summed E-state index contributed by atoms with van der Waals surface area (Å²) in [6.07, 6.45) is 2.45. The monoisotopic (exact) mass is 280 g/mol. The molecule has 0 aliphatic carbocycles. The fraction of sp³-hybridized carbons (Fsp3) is 0.533. The Balaban J connectivity index is 1.63. The number of rotatable bonds is 2. The maximum Gasteiger partial charge on any atom is 0.227 e. The number of nitrogens with zero attached hydrogens (tertiary/aromatic N) is 1. The molecule has 108 valence electrons. The number of benzene rings is 1. The fourth-order valence-electron chi connectivity index (χ4n) is 3.19. The Labute approximate surface area is 117 Å². The van der Waals surface area contributed by atoms with Gasteiger partial charge in [0.15, 0.2) is 11.6 Å². The molecule has 2 aliphatic heterocycles. The number of likely N-dealkylation sites (tertiary alicyclic amines) is 1. The quantitative estimate of drug-likeness (QED) is 0.894. The maximum absolute atomic E-state index is 13.1. The first-order valence-corrected chi connectivity index (χ1v) is 7.08. The Kier molecular flexibility index (Phi) is 3.70. The molecule has 0 saturated carbocycles. The molecule has 1 aromatic rings. The van der Waals surface area contributed by atoms with E-state index in [0.717, 1.165) is 44.6 Å². The van der Waals surface area contributed by atoms with E-state index >= 15 is 0 Å². The van der Waals surface area contributed by atoms with Crippen LogP contribution < -0.4 is 5.32 Å². The minimum absolute atomic E-state index is 0.00721. The molecule has 20 heavy (non-hydrogen) atoms. The first-order valence-electron chi connectivity index (χ1n) is 7.08. The molecule has 2 aliphatic rings. The summed E-state index contributed by atoms with van der Waals surface area (Å²) in [5, 5.41) is 3.44. The van der Waals surface area contributed by atoms with E-state index in [1.807, 2.05) is 4.90 Å². The van der Waals surface area contributed by atoms with E-state index in [-0.39, 0.29) is 12.3 Å². The summed E-state index contributed by atoms with van der Waals surface area (Å²) in [6.45, 7) is 2.53. The minimum Gasteiger partial charge on any atom is -0.341 e. The van der Waals surface area contributed by atoms with E-state index in [4.69, 9.17) is 0 Å². The lowest BCUT2D eigenvalue weighted by atomic mass is 9.94. The smallest absolute Gasteiger partial charge is 0.227 e. The highest BCUT2D eigenvalue weighted by Gasteiger charge is 2.36. The number of carbonyl (C=O) groups is 1. The second kappa shape index (κ2) is 5.48. The second-order valence-electron chi connectivity index (χ2n) is 5.69. The molecular weight excluding hydrogens is 262 g/mol. The van der Waals surface area contributed by atoms with Gasteiger partial charge in [0.05, 0.1) is 6.42 Å². The summed E-state index contributed by atoms with van der Waals surface area (Å²) in [5.41, 5.74) is 0.525. The van der Waals surface area contributed by atoms with Crippen molar-refractivity contribution >= 4 is 5.91 Å². The van der Waals surface area contributed by atoms with Crippen molar-refractivity contribution in [2.45, 2.75) is 25.3 Å². The number of carbonyl (C=O) groups excluding carboxylic acids is 1. The van der Waals surface area contributed by atoms with Gasteiger partial charge in [0.2, 0.25) is 5.91 Å². The zero-order chi connectivity index (χ0) is 14.1. The largest absolute Gasteiger partial charge is 0.341 e. The molecule has 2 atom stereocenters. The zero-order valence-electron chi connectivity index (χ0n) is 11.2. The average Bonchev–Trinajstić information content (AvgIpc) is 2.87. The Morgan fingerprint density at radius 3 is 2.90 bits per heavy atom. The van der Waals surface area contributed by atoms with Crippen LogP contribution in [-0.4, -0.2) is 36.5 Å². The van der Waals surface area contributed by atoms with E-state index in [9.17, 15) is 13.6 Å². The molecular formula is C15H18F2N2O. The number of hydrogen-bond donors (Lipinski definition) is 1. The summed E-state index contributed by atoms with van der Waals surface area (Å²) in [6, 6.07) is 4.05. The van der Waals surface area contributed by atoms with Crippen molar-refractivity contribution in [3.8, 4) is 0 Å². The lowest BCUT2D eigenvalue weighted by Gasteiger charge is -2.24. The highest BCUT2D eigenvalue weighted by atomic mass is 19.2. The fourth-order valence-corrected chi connectivity index (χ4v) is 3.19. The number of piperidine rings is 1. The van der Waals surface area contributed by atoms with E-state index in [1.54, 1.807) is 0 Å². The molecule has 3 rings (SSSR count). The Bertz CT molecular complexity index is 507. The van der Waals surface area contributed by atoms with Gasteiger partial charge in [-0.3, -0.25) is 4.79 Å². The molecule has 0 radical (unpaired) electrons. The number of fused-ring (bicyclic) bond motifs is 1. The van der Waals surface area contributed by atoms with Crippen LogP contribution in [0.3, 0.4) is 0 Å². The van der Waals surface area contributed by atoms with Gasteiger partial charge in [-0.25, -0.2) is 8.78 Å². The minimum atomic E-state index is -0.896. The summed E-state index contributed by atoms with van der Waals surface area (Å²) < 4.78 is 26.0. The number of hydrogen-bond acceptors (Lipinski definition) is 2. The highest BCUT2D eigenvalue weighted by Crippen LogP contribution is 2.25. The van der Waals surface area contributed by atoms with E-state index < -0.39 is 11.6 Å². The molecule has 2 saturated heterocycles. The van der Waals surface area contributed by atoms with Crippen LogP contribution in [0.15, 0.2) is 18.2 Å². The maximum atomic E-state index is 13.1. The lowest BCUT2D eigenvalue weighted by Crippen LogP contribution is -2.41. The number of nitrogens with one attached hydrogen (secondary N) is 1. The van der Waals surface area contributed by atoms with Crippen molar-refractivity contribution in [1.29, 1.82) is 0 Å². The van der Waals surface area contributed by atoms with Gasteiger partial charge in [0.1, 0.15) is 0 Å². The van der Waals surface area contributed by atoms with Gasteiger partial charge in [-0.15, -0.1) is 0 Å². The number of amides is 1. The third-order valence-corrected chi connectivity index (χ3v) is 4.29. The SMILES string of the molecule is O=C(Cc1ccc(F)c(F)c1)N1C[C@@H]2CCCN[C@@H]2C1. The molecule has 1 aromatic carbocycles. The van der Waals surface area contributed by atoms with Gasteiger partial charge in [-0.1, -0.05) is 6.07 Å². The second-order valence-corrected chi connectivity index (χ2v) is 5.69. The number of halogens is 2. The predicted molar refractivity (Wildman–Crippen MR) is 71.2 cm³/mol. The molecule has 2 heterocycles. The predicted octanol–water partition coefficient (Wildman–Crippen LogP) is 1.72. The molecule has 0 bridgehead atoms. The molecule has 2 fully saturated rings. The van der Waals surface area contributed by atoms with Gasteiger partial charge < -0.3 is 10.2 Å². The zero-order valence-corrected chi connectivity index (χ0v) is 11.2. The van der Waals surface area contributed by atoms with Gasteiger partial charge >= 0.3 is 0 Å². The van der Waals surface area contributed by atoms with Gasteiger partial charge in [-0.2, -0.15) is 0 Å². The molecule has 0 unspecified atom stereocenters. The third kappa shape index (κ3) is 2.68. The normalized spacial score (nSPS) is 25.6. The Hall–Kier alpha value is -1.49.